The number of sulfonamides is 1. The number of benzene rings is 1. The Bertz CT molecular complexity index is 516. The summed E-state index contributed by atoms with van der Waals surface area (Å²) in [6.45, 7) is 4.60. The molecule has 1 aromatic rings. The number of nitrogens with one attached hydrogen (secondary N) is 2. The Labute approximate surface area is 108 Å². The second kappa shape index (κ2) is 5.26. The molecule has 5 nitrogen and oxygen atoms in total. The maximum absolute atomic E-state index is 12.0. The molecule has 0 bridgehead atoms. The van der Waals surface area contributed by atoms with Crippen molar-refractivity contribution in [2.45, 2.75) is 17.9 Å². The van der Waals surface area contributed by atoms with Crippen molar-refractivity contribution >= 4 is 15.7 Å². The standard InChI is InChI=1S/C12H19N3O2S/c1-10-9-15(8-7-14-10)11-5-3-4-6-12(11)18(16,17)13-2/h3-6,10,13-14H,7-9H2,1-2H3/t10-/m1/s1. The van der Waals surface area contributed by atoms with Gasteiger partial charge >= 0.3 is 0 Å². The third kappa shape index (κ3) is 2.66. The molecule has 1 aliphatic heterocycles. The highest BCUT2D eigenvalue weighted by molar-refractivity contribution is 7.89. The first-order chi connectivity index (χ1) is 8.54. The van der Waals surface area contributed by atoms with Gasteiger partial charge in [0.15, 0.2) is 0 Å². The number of hydrogen-bond donors (Lipinski definition) is 2. The van der Waals surface area contributed by atoms with Gasteiger partial charge in [-0.05, 0) is 26.1 Å². The van der Waals surface area contributed by atoms with Crippen LogP contribution in [-0.4, -0.2) is 41.1 Å². The van der Waals surface area contributed by atoms with Crippen LogP contribution in [0.25, 0.3) is 0 Å². The van der Waals surface area contributed by atoms with E-state index >= 15 is 0 Å². The van der Waals surface area contributed by atoms with Crippen LogP contribution < -0.4 is 14.9 Å². The Balaban J connectivity index is 2.39. The van der Waals surface area contributed by atoms with Crippen molar-refractivity contribution in [2.24, 2.45) is 0 Å². The molecule has 1 aromatic carbocycles. The second-order valence-electron chi connectivity index (χ2n) is 4.48. The zero-order valence-corrected chi connectivity index (χ0v) is 11.5. The molecule has 0 saturated carbocycles. The number of para-hydroxylation sites is 1. The third-order valence-corrected chi connectivity index (χ3v) is 4.59. The molecule has 18 heavy (non-hydrogen) atoms. The quantitative estimate of drug-likeness (QED) is 0.833. The summed E-state index contributed by atoms with van der Waals surface area (Å²) < 4.78 is 26.4. The minimum atomic E-state index is -3.41. The van der Waals surface area contributed by atoms with E-state index in [1.807, 2.05) is 12.1 Å². The molecule has 1 heterocycles. The SMILES string of the molecule is CNS(=O)(=O)c1ccccc1N1CCN[C@H](C)C1. The molecule has 0 aliphatic carbocycles. The van der Waals surface area contributed by atoms with E-state index in [0.29, 0.717) is 10.9 Å². The Morgan fingerprint density at radius 1 is 1.39 bits per heavy atom. The Morgan fingerprint density at radius 3 is 2.78 bits per heavy atom. The molecule has 2 N–H and O–H groups in total. The van der Waals surface area contributed by atoms with E-state index < -0.39 is 10.0 Å². The Morgan fingerprint density at radius 2 is 2.11 bits per heavy atom. The molecule has 0 aromatic heterocycles. The molecule has 1 saturated heterocycles. The van der Waals surface area contributed by atoms with Crippen molar-refractivity contribution in [1.29, 1.82) is 0 Å². The molecular weight excluding hydrogens is 250 g/mol. The van der Waals surface area contributed by atoms with Gasteiger partial charge in [0.1, 0.15) is 4.90 Å². The summed E-state index contributed by atoms with van der Waals surface area (Å²) in [5, 5.41) is 3.35. The van der Waals surface area contributed by atoms with Crippen LogP contribution in [0.5, 0.6) is 0 Å². The number of piperazine rings is 1. The van der Waals surface area contributed by atoms with E-state index in [1.165, 1.54) is 7.05 Å². The maximum atomic E-state index is 12.0. The van der Waals surface area contributed by atoms with Gasteiger partial charge in [-0.15, -0.1) is 0 Å². The van der Waals surface area contributed by atoms with E-state index in [9.17, 15) is 8.42 Å². The summed E-state index contributed by atoms with van der Waals surface area (Å²) in [5.41, 5.74) is 0.778. The van der Waals surface area contributed by atoms with E-state index in [4.69, 9.17) is 0 Å². The van der Waals surface area contributed by atoms with Crippen LogP contribution >= 0.6 is 0 Å². The summed E-state index contributed by atoms with van der Waals surface area (Å²) in [6.07, 6.45) is 0. The Hall–Kier alpha value is -1.11. The van der Waals surface area contributed by atoms with E-state index in [1.54, 1.807) is 12.1 Å². The van der Waals surface area contributed by atoms with Gasteiger partial charge in [0.25, 0.3) is 0 Å². The molecule has 0 spiro atoms. The summed E-state index contributed by atoms with van der Waals surface area (Å²) in [5.74, 6) is 0. The summed E-state index contributed by atoms with van der Waals surface area (Å²) in [7, 11) is -1.97. The first-order valence-corrected chi connectivity index (χ1v) is 7.54. The fraction of sp³-hybridized carbons (Fsp3) is 0.500. The highest BCUT2D eigenvalue weighted by Crippen LogP contribution is 2.25. The van der Waals surface area contributed by atoms with Crippen LogP contribution in [0.15, 0.2) is 29.2 Å². The average molecular weight is 269 g/mol. The molecule has 1 atom stereocenters. The molecule has 1 aliphatic rings. The minimum Gasteiger partial charge on any atom is -0.368 e. The fourth-order valence-corrected chi connectivity index (χ4v) is 3.16. The monoisotopic (exact) mass is 269 g/mol. The van der Waals surface area contributed by atoms with Gasteiger partial charge < -0.3 is 10.2 Å². The topological polar surface area (TPSA) is 61.4 Å². The zero-order chi connectivity index (χ0) is 13.2. The molecule has 2 rings (SSSR count). The molecule has 1 fully saturated rings. The lowest BCUT2D eigenvalue weighted by Crippen LogP contribution is -2.49. The number of rotatable bonds is 3. The van der Waals surface area contributed by atoms with Gasteiger partial charge in [-0.3, -0.25) is 0 Å². The van der Waals surface area contributed by atoms with Gasteiger partial charge in [0.2, 0.25) is 10.0 Å². The summed E-state index contributed by atoms with van der Waals surface area (Å²) >= 11 is 0. The van der Waals surface area contributed by atoms with Crippen molar-refractivity contribution < 1.29 is 8.42 Å². The van der Waals surface area contributed by atoms with Crippen LogP contribution in [0.2, 0.25) is 0 Å². The first-order valence-electron chi connectivity index (χ1n) is 6.05. The molecule has 0 amide bonds. The van der Waals surface area contributed by atoms with Crippen molar-refractivity contribution in [2.75, 3.05) is 31.6 Å². The van der Waals surface area contributed by atoms with Crippen molar-refractivity contribution in [3.8, 4) is 0 Å². The summed E-state index contributed by atoms with van der Waals surface area (Å²) in [4.78, 5) is 2.47. The fourth-order valence-electron chi connectivity index (χ4n) is 2.21. The van der Waals surface area contributed by atoms with Gasteiger partial charge in [0.05, 0.1) is 5.69 Å². The second-order valence-corrected chi connectivity index (χ2v) is 6.33. The van der Waals surface area contributed by atoms with Gasteiger partial charge in [0, 0.05) is 25.7 Å². The molecule has 0 unspecified atom stereocenters. The molecule has 6 heteroatoms. The number of hydrogen-bond acceptors (Lipinski definition) is 4. The highest BCUT2D eigenvalue weighted by Gasteiger charge is 2.23. The van der Waals surface area contributed by atoms with Crippen LogP contribution in [0.3, 0.4) is 0 Å². The first kappa shape index (κ1) is 13.3. The van der Waals surface area contributed by atoms with Crippen LogP contribution in [0.1, 0.15) is 6.92 Å². The zero-order valence-electron chi connectivity index (χ0n) is 10.7. The third-order valence-electron chi connectivity index (χ3n) is 3.13. The molecule has 100 valence electrons. The van der Waals surface area contributed by atoms with Crippen molar-refractivity contribution in [3.05, 3.63) is 24.3 Å². The lowest BCUT2D eigenvalue weighted by molar-refractivity contribution is 0.482. The predicted molar refractivity (Wildman–Crippen MR) is 72.4 cm³/mol. The van der Waals surface area contributed by atoms with Crippen molar-refractivity contribution in [1.82, 2.24) is 10.0 Å². The number of nitrogens with zero attached hydrogens (tertiary/aromatic N) is 1. The van der Waals surface area contributed by atoms with Crippen molar-refractivity contribution in [3.63, 3.8) is 0 Å². The molecular formula is C12H19N3O2S. The van der Waals surface area contributed by atoms with E-state index in [-0.39, 0.29) is 0 Å². The summed E-state index contributed by atoms with van der Waals surface area (Å²) in [6, 6.07) is 7.50. The van der Waals surface area contributed by atoms with Crippen LogP contribution in [-0.2, 0) is 10.0 Å². The normalized spacial score (nSPS) is 21.0. The van der Waals surface area contributed by atoms with E-state index in [2.05, 4.69) is 21.9 Å². The van der Waals surface area contributed by atoms with E-state index in [0.717, 1.165) is 25.3 Å². The molecule has 0 radical (unpaired) electrons. The smallest absolute Gasteiger partial charge is 0.242 e. The van der Waals surface area contributed by atoms with Gasteiger partial charge in [-0.25, -0.2) is 13.1 Å². The Kier molecular flexibility index (Phi) is 3.89. The lowest BCUT2D eigenvalue weighted by atomic mass is 10.2. The van der Waals surface area contributed by atoms with Crippen LogP contribution in [0.4, 0.5) is 5.69 Å². The highest BCUT2D eigenvalue weighted by atomic mass is 32.2. The van der Waals surface area contributed by atoms with Crippen LogP contribution in [0, 0.1) is 0 Å². The van der Waals surface area contributed by atoms with Gasteiger partial charge in [-0.2, -0.15) is 0 Å². The average Bonchev–Trinajstić information content (AvgIpc) is 2.39. The number of anilines is 1. The largest absolute Gasteiger partial charge is 0.368 e. The minimum absolute atomic E-state index is 0.349. The lowest BCUT2D eigenvalue weighted by Gasteiger charge is -2.34. The van der Waals surface area contributed by atoms with Gasteiger partial charge in [-0.1, -0.05) is 12.1 Å². The predicted octanol–water partition coefficient (Wildman–Crippen LogP) is 0.393. The maximum Gasteiger partial charge on any atom is 0.242 e.